The summed E-state index contributed by atoms with van der Waals surface area (Å²) < 4.78 is 41.0. The second-order valence-corrected chi connectivity index (χ2v) is 13.6. The number of nitrogens with two attached hydrogens (primary N) is 1. The molecule has 0 spiro atoms. The molecule has 22 nitrogen and oxygen atoms in total. The number of aromatic amines is 1. The highest BCUT2D eigenvalue weighted by Gasteiger charge is 2.76. The summed E-state index contributed by atoms with van der Waals surface area (Å²) in [5.41, 5.74) is 1.11. The lowest BCUT2D eigenvalue weighted by Crippen LogP contribution is -2.56. The first kappa shape index (κ1) is 33.3. The number of nitrogens with one attached hydrogen (secondary N) is 2. The van der Waals surface area contributed by atoms with E-state index in [1.807, 2.05) is 0 Å². The highest BCUT2D eigenvalue weighted by Crippen LogP contribution is 2.53. The molecule has 0 aromatic carbocycles. The minimum absolute atomic E-state index is 0.0242. The number of imidazole rings is 1. The Labute approximate surface area is 269 Å². The van der Waals surface area contributed by atoms with E-state index < -0.39 is 120 Å². The number of anilines is 1. The number of Topliss-reactive ketones (excluding diaryl/α,β-unsaturated/α-hetero) is 1. The van der Waals surface area contributed by atoms with Crippen LogP contribution in [0.4, 0.5) is 5.95 Å². The van der Waals surface area contributed by atoms with Crippen LogP contribution < -0.4 is 16.6 Å². The maximum Gasteiger partial charge on any atom is 0.702 e. The maximum atomic E-state index is 13.5. The number of H-pyrrole nitrogens is 1. The largest absolute Gasteiger partial charge is 0.702 e. The first-order valence-electron chi connectivity index (χ1n) is 14.3. The number of fused-ring (bicyclic) bond motifs is 3. The summed E-state index contributed by atoms with van der Waals surface area (Å²) in [4.78, 5) is 60.6. The van der Waals surface area contributed by atoms with E-state index in [-0.39, 0.29) is 23.5 Å². The molecular weight excluding hydrogens is 688 g/mol. The van der Waals surface area contributed by atoms with E-state index in [1.165, 1.54) is 4.57 Å². The minimum atomic E-state index is -2.98. The lowest BCUT2D eigenvalue weighted by atomic mass is 9.90. The van der Waals surface area contributed by atoms with E-state index >= 15 is 0 Å². The quantitative estimate of drug-likeness (QED) is 0.0615. The number of aromatic nitrogens is 4. The Morgan fingerprint density at radius 1 is 1.15 bits per heavy atom. The van der Waals surface area contributed by atoms with Crippen LogP contribution in [0.25, 0.3) is 11.2 Å². The summed E-state index contributed by atoms with van der Waals surface area (Å²) in [5, 5.41) is 55.8. The van der Waals surface area contributed by atoms with E-state index in [0.717, 1.165) is 18.5 Å². The highest BCUT2D eigenvalue weighted by molar-refractivity contribution is 7.44. The number of nitrogen functional groups attached to an aromatic ring is 1. The minimum Gasteiger partial charge on any atom is -0.389 e. The van der Waals surface area contributed by atoms with Gasteiger partial charge in [0.2, 0.25) is 15.0 Å². The number of ketones is 1. The molecule has 24 heteroatoms. The smallest absolute Gasteiger partial charge is 0.389 e. The summed E-state index contributed by atoms with van der Waals surface area (Å²) in [7, 11) is -4.13. The number of aliphatic hydroxyl groups excluding tert-OH is 4. The number of nitrogens with zero attached hydrogens (tertiary/aromatic N) is 4. The number of amides is 2. The highest BCUT2D eigenvalue weighted by atomic mass is 31.2. The van der Waals surface area contributed by atoms with Gasteiger partial charge < -0.3 is 40.7 Å². The molecule has 1 aliphatic carbocycles. The van der Waals surface area contributed by atoms with Crippen LogP contribution >= 0.6 is 17.3 Å². The van der Waals surface area contributed by atoms with Gasteiger partial charge in [-0.15, -0.1) is 4.52 Å². The average molecular weight is 716 g/mol. The van der Waals surface area contributed by atoms with Crippen LogP contribution in [0, 0.1) is 0 Å². The van der Waals surface area contributed by atoms with Crippen LogP contribution in [-0.2, 0) is 41.8 Å². The number of hydrogen-bond donors (Lipinski definition) is 8. The third kappa shape index (κ3) is 5.39. The van der Waals surface area contributed by atoms with Crippen molar-refractivity contribution in [2.45, 2.75) is 72.7 Å². The zero-order valence-electron chi connectivity index (χ0n) is 24.2. The molecule has 2 amide bonds. The van der Waals surface area contributed by atoms with Crippen molar-refractivity contribution in [3.8, 4) is 0 Å². The molecule has 258 valence electrons. The number of aliphatic hydroxyl groups is 5. The van der Waals surface area contributed by atoms with Gasteiger partial charge >= 0.3 is 8.25 Å². The topological polar surface area (TPSA) is 330 Å². The number of carbonyl (C=O) groups excluding carboxylic acids is 3. The molecule has 2 aromatic rings. The van der Waals surface area contributed by atoms with Crippen LogP contribution in [-0.4, -0.2) is 141 Å². The number of carbonyl (C=O) groups is 3. The molecule has 13 unspecified atom stereocenters. The number of rotatable bonds is 11. The first-order chi connectivity index (χ1) is 22.8. The van der Waals surface area contributed by atoms with Crippen LogP contribution in [0.15, 0.2) is 23.3 Å². The fraction of sp³-hybridized carbons (Fsp3) is 0.583. The molecule has 48 heavy (non-hydrogen) atoms. The van der Waals surface area contributed by atoms with Crippen LogP contribution in [0.2, 0.25) is 0 Å². The average Bonchev–Trinajstić information content (AvgIpc) is 3.81. The van der Waals surface area contributed by atoms with Crippen molar-refractivity contribution in [2.24, 2.45) is 0 Å². The molecule has 7 rings (SSSR count). The monoisotopic (exact) mass is 716 g/mol. The molecule has 4 aliphatic heterocycles. The molecule has 5 aliphatic rings. The van der Waals surface area contributed by atoms with Crippen molar-refractivity contribution in [3.05, 3.63) is 28.8 Å². The Balaban J connectivity index is 0.978. The van der Waals surface area contributed by atoms with E-state index in [2.05, 4.69) is 20.3 Å². The van der Waals surface area contributed by atoms with Crippen molar-refractivity contribution in [1.82, 2.24) is 29.7 Å². The van der Waals surface area contributed by atoms with Crippen LogP contribution in [0.5, 0.6) is 0 Å². The van der Waals surface area contributed by atoms with E-state index in [9.17, 15) is 49.3 Å². The van der Waals surface area contributed by atoms with Gasteiger partial charge in [-0.3, -0.25) is 43.5 Å². The van der Waals surface area contributed by atoms with Gasteiger partial charge in [-0.25, -0.2) is 4.98 Å². The van der Waals surface area contributed by atoms with Gasteiger partial charge in [-0.05, 0) is 0 Å². The zero-order valence-corrected chi connectivity index (χ0v) is 26.1. The second kappa shape index (κ2) is 12.0. The molecule has 0 radical (unpaired) electrons. The molecule has 3 saturated heterocycles. The van der Waals surface area contributed by atoms with Crippen LogP contribution in [0.1, 0.15) is 12.6 Å². The van der Waals surface area contributed by atoms with Gasteiger partial charge in [-0.1, -0.05) is 4.31 Å². The third-order valence-corrected chi connectivity index (χ3v) is 10.4. The number of ether oxygens (including phenoxy) is 2. The zero-order chi connectivity index (χ0) is 34.3. The van der Waals surface area contributed by atoms with E-state index in [0.29, 0.717) is 4.90 Å². The summed E-state index contributed by atoms with van der Waals surface area (Å²) in [5.74, 6) is -2.52. The standard InChI is InChI=1S/C24H27N7O15P2/c25-22-27-18-12(19(39)28-22)26-6-31(18)20-14(36)13(35)7(43-20)5-42-48(41)46-47-45-21-24(8(32)4-30-10(33)1-2-11(30)34)16(29-24)15(37)17(38)23(40)3-9(23)44-21/h1-2,6-7,9,13-17,20-21,29,35-38,40,47H,3-5H2,(H2-,25,27,28,39)/p+1. The molecule has 6 heterocycles. The van der Waals surface area contributed by atoms with Crippen molar-refractivity contribution in [1.29, 1.82) is 0 Å². The summed E-state index contributed by atoms with van der Waals surface area (Å²) in [6.45, 7) is -1.30. The lowest BCUT2D eigenvalue weighted by Gasteiger charge is -2.32. The van der Waals surface area contributed by atoms with E-state index in [1.54, 1.807) is 0 Å². The molecule has 9 N–H and O–H groups in total. The lowest BCUT2D eigenvalue weighted by molar-refractivity contribution is -0.174. The fourth-order valence-corrected chi connectivity index (χ4v) is 7.31. The number of hydrogen-bond acceptors (Lipinski definition) is 19. The SMILES string of the molecule is Nc1nc2c(ncn2C2OC(CO[P+](=O)OPOC3OC4CC4(O)C(O)C(O)C4NC34C(=O)CN3C(=O)C=CC3=O)C(O)C2O)c(=O)[nH]1. The van der Waals surface area contributed by atoms with Gasteiger partial charge in [0, 0.05) is 23.1 Å². The van der Waals surface area contributed by atoms with Gasteiger partial charge in [0.1, 0.15) is 48.3 Å². The maximum absolute atomic E-state index is 13.5. The Hall–Kier alpha value is -3.21. The van der Waals surface area contributed by atoms with Crippen molar-refractivity contribution >= 4 is 52.0 Å². The van der Waals surface area contributed by atoms with Gasteiger partial charge in [0.25, 0.3) is 17.4 Å². The molecular formula is C24H28N7O15P2+. The van der Waals surface area contributed by atoms with Crippen molar-refractivity contribution in [2.75, 3.05) is 18.9 Å². The fourth-order valence-electron chi connectivity index (χ4n) is 6.08. The molecule has 13 atom stereocenters. The molecule has 2 aromatic heterocycles. The predicted molar refractivity (Wildman–Crippen MR) is 153 cm³/mol. The first-order valence-corrected chi connectivity index (χ1v) is 16.2. The summed E-state index contributed by atoms with van der Waals surface area (Å²) in [6.07, 6.45) is -8.70. The van der Waals surface area contributed by atoms with Gasteiger partial charge in [0.15, 0.2) is 29.5 Å². The van der Waals surface area contributed by atoms with Crippen molar-refractivity contribution < 1.29 is 67.3 Å². The molecule has 0 bridgehead atoms. The number of imide groups is 1. The van der Waals surface area contributed by atoms with Crippen LogP contribution in [0.3, 0.4) is 0 Å². The van der Waals surface area contributed by atoms with Crippen molar-refractivity contribution in [3.63, 3.8) is 0 Å². The van der Waals surface area contributed by atoms with E-state index in [4.69, 9.17) is 28.6 Å². The Kier molecular flexibility index (Phi) is 8.31. The Morgan fingerprint density at radius 2 is 1.88 bits per heavy atom. The normalized spacial score (nSPS) is 39.1. The Morgan fingerprint density at radius 3 is 2.60 bits per heavy atom. The second-order valence-electron chi connectivity index (χ2n) is 11.7. The molecule has 4 fully saturated rings. The Bertz CT molecular complexity index is 1770. The molecule has 1 saturated carbocycles. The third-order valence-electron chi connectivity index (χ3n) is 8.89. The van der Waals surface area contributed by atoms with Gasteiger partial charge in [-0.2, -0.15) is 4.98 Å². The summed E-state index contributed by atoms with van der Waals surface area (Å²) in [6, 6.07) is -1.23. The predicted octanol–water partition coefficient (Wildman–Crippen LogP) is -4.68. The summed E-state index contributed by atoms with van der Waals surface area (Å²) >= 11 is 0. The van der Waals surface area contributed by atoms with Gasteiger partial charge in [0.05, 0.1) is 25.0 Å².